The summed E-state index contributed by atoms with van der Waals surface area (Å²) in [5.74, 6) is -0.869. The molecular weight excluding hydrogens is 478 g/mol. The third-order valence-electron chi connectivity index (χ3n) is 4.82. The maximum atomic E-state index is 13.0. The van der Waals surface area contributed by atoms with Crippen molar-refractivity contribution in [2.24, 2.45) is 0 Å². The fourth-order valence-corrected chi connectivity index (χ4v) is 3.60. The lowest BCUT2D eigenvalue weighted by molar-refractivity contribution is 0.0476. The van der Waals surface area contributed by atoms with Crippen LogP contribution in [0.25, 0.3) is 22.2 Å². The van der Waals surface area contributed by atoms with Gasteiger partial charge in [0.1, 0.15) is 0 Å². The Morgan fingerprint density at radius 1 is 0.968 bits per heavy atom. The highest BCUT2D eigenvalue weighted by Crippen LogP contribution is 2.27. The first-order chi connectivity index (χ1) is 14.9. The average molecular weight is 495 g/mol. The number of nitrogens with zero attached hydrogens (tertiary/aromatic N) is 1. The number of pyridine rings is 1. The molecule has 0 radical (unpaired) electrons. The molecule has 154 valence electrons. The van der Waals surface area contributed by atoms with Crippen molar-refractivity contribution < 1.29 is 14.3 Å². The van der Waals surface area contributed by atoms with Crippen LogP contribution in [0.5, 0.6) is 0 Å². The van der Waals surface area contributed by atoms with Crippen molar-refractivity contribution in [3.05, 3.63) is 99.0 Å². The van der Waals surface area contributed by atoms with Crippen molar-refractivity contribution in [3.8, 4) is 11.3 Å². The van der Waals surface area contributed by atoms with E-state index in [9.17, 15) is 9.59 Å². The van der Waals surface area contributed by atoms with Gasteiger partial charge in [-0.3, -0.25) is 4.79 Å². The Labute approximate surface area is 193 Å². The molecule has 31 heavy (non-hydrogen) atoms. The van der Waals surface area contributed by atoms with Gasteiger partial charge in [0.15, 0.2) is 12.4 Å². The Bertz CT molecular complexity index is 1280. The number of aromatic nitrogens is 1. The number of fused-ring (bicyclic) bond motifs is 1. The van der Waals surface area contributed by atoms with Crippen molar-refractivity contribution >= 4 is 50.2 Å². The van der Waals surface area contributed by atoms with Gasteiger partial charge in [0, 0.05) is 26.0 Å². The summed E-state index contributed by atoms with van der Waals surface area (Å²) in [5.41, 5.74) is 4.01. The zero-order valence-electron chi connectivity index (χ0n) is 16.6. The summed E-state index contributed by atoms with van der Waals surface area (Å²) in [6, 6.07) is 21.6. The van der Waals surface area contributed by atoms with Gasteiger partial charge in [0.05, 0.1) is 16.8 Å². The molecule has 0 saturated heterocycles. The van der Waals surface area contributed by atoms with E-state index in [2.05, 4.69) is 15.9 Å². The van der Waals surface area contributed by atoms with Crippen molar-refractivity contribution in [3.63, 3.8) is 0 Å². The number of carbonyl (C=O) groups is 2. The third-order valence-corrected chi connectivity index (χ3v) is 5.61. The van der Waals surface area contributed by atoms with Crippen LogP contribution in [0.4, 0.5) is 0 Å². The molecule has 0 aliphatic rings. The number of ketones is 1. The van der Waals surface area contributed by atoms with Gasteiger partial charge < -0.3 is 4.74 Å². The Hall–Kier alpha value is -3.02. The number of rotatable bonds is 5. The first-order valence-electron chi connectivity index (χ1n) is 9.54. The van der Waals surface area contributed by atoms with Gasteiger partial charge in [-0.05, 0) is 61.5 Å². The lowest BCUT2D eigenvalue weighted by Gasteiger charge is -2.11. The number of Topliss-reactive ketones (excluding diaryl/α,β-unsaturated/α-hetero) is 1. The number of benzene rings is 3. The second-order valence-corrected chi connectivity index (χ2v) is 8.44. The first-order valence-corrected chi connectivity index (χ1v) is 10.7. The molecule has 0 N–H and O–H groups in total. The number of aryl methyl sites for hydroxylation is 1. The van der Waals surface area contributed by atoms with E-state index in [0.717, 1.165) is 15.6 Å². The van der Waals surface area contributed by atoms with Crippen LogP contribution in [0.1, 0.15) is 26.3 Å². The molecule has 0 aliphatic heterocycles. The number of hydrogen-bond acceptors (Lipinski definition) is 4. The van der Waals surface area contributed by atoms with E-state index in [1.54, 1.807) is 30.3 Å². The van der Waals surface area contributed by atoms with E-state index in [1.165, 1.54) is 0 Å². The lowest BCUT2D eigenvalue weighted by atomic mass is 10.0. The van der Waals surface area contributed by atoms with E-state index in [0.29, 0.717) is 32.7 Å². The van der Waals surface area contributed by atoms with E-state index >= 15 is 0 Å². The summed E-state index contributed by atoms with van der Waals surface area (Å²) in [6.07, 6.45) is 0. The highest BCUT2D eigenvalue weighted by atomic mass is 79.9. The summed E-state index contributed by atoms with van der Waals surface area (Å²) >= 11 is 9.29. The van der Waals surface area contributed by atoms with Crippen molar-refractivity contribution in [2.45, 2.75) is 6.92 Å². The normalized spacial score (nSPS) is 10.8. The quantitative estimate of drug-likeness (QED) is 0.230. The summed E-state index contributed by atoms with van der Waals surface area (Å²) in [5, 5.41) is 1.22. The number of hydrogen-bond donors (Lipinski definition) is 0. The Morgan fingerprint density at radius 3 is 2.39 bits per heavy atom. The van der Waals surface area contributed by atoms with Crippen LogP contribution in [0.2, 0.25) is 5.02 Å². The number of ether oxygens (including phenoxy) is 1. The van der Waals surface area contributed by atoms with Gasteiger partial charge in [0.25, 0.3) is 0 Å². The third kappa shape index (κ3) is 4.84. The maximum absolute atomic E-state index is 13.0. The standard InChI is InChI=1S/C25H17BrClNO3/c1-15-2-11-22-20(12-15)21(13-23(28-22)16-3-7-18(26)8-4-16)25(30)31-14-24(29)17-5-9-19(27)10-6-17/h2-13H,14H2,1H3. The maximum Gasteiger partial charge on any atom is 0.339 e. The van der Waals surface area contributed by atoms with E-state index in [4.69, 9.17) is 21.3 Å². The highest BCUT2D eigenvalue weighted by Gasteiger charge is 2.17. The molecule has 0 saturated carbocycles. The monoisotopic (exact) mass is 493 g/mol. The number of halogens is 2. The second kappa shape index (κ2) is 9.00. The summed E-state index contributed by atoms with van der Waals surface area (Å²) in [4.78, 5) is 30.1. The predicted molar refractivity (Wildman–Crippen MR) is 126 cm³/mol. The van der Waals surface area contributed by atoms with Crippen LogP contribution in [-0.2, 0) is 4.74 Å². The molecule has 1 heterocycles. The van der Waals surface area contributed by atoms with Gasteiger partial charge in [-0.15, -0.1) is 0 Å². The molecule has 3 aromatic carbocycles. The van der Waals surface area contributed by atoms with Crippen LogP contribution in [0, 0.1) is 6.92 Å². The van der Waals surface area contributed by atoms with Crippen molar-refractivity contribution in [1.82, 2.24) is 4.98 Å². The molecule has 1 aromatic heterocycles. The van der Waals surface area contributed by atoms with E-state index in [1.807, 2.05) is 49.4 Å². The summed E-state index contributed by atoms with van der Waals surface area (Å²) in [6.45, 7) is 1.59. The Morgan fingerprint density at radius 2 is 1.68 bits per heavy atom. The molecule has 4 aromatic rings. The van der Waals surface area contributed by atoms with Crippen molar-refractivity contribution in [1.29, 1.82) is 0 Å². The zero-order valence-corrected chi connectivity index (χ0v) is 18.9. The number of esters is 1. The predicted octanol–water partition coefficient (Wildman–Crippen LogP) is 6.67. The Balaban J connectivity index is 1.66. The van der Waals surface area contributed by atoms with Gasteiger partial charge in [-0.1, -0.05) is 51.3 Å². The minimum atomic E-state index is -0.571. The SMILES string of the molecule is Cc1ccc2nc(-c3ccc(Br)cc3)cc(C(=O)OCC(=O)c3ccc(Cl)cc3)c2c1. The summed E-state index contributed by atoms with van der Waals surface area (Å²) in [7, 11) is 0. The molecule has 4 nitrogen and oxygen atoms in total. The molecule has 0 amide bonds. The van der Waals surface area contributed by atoms with Gasteiger partial charge in [-0.2, -0.15) is 0 Å². The minimum absolute atomic E-state index is 0.298. The molecule has 6 heteroatoms. The molecule has 0 aliphatic carbocycles. The smallest absolute Gasteiger partial charge is 0.339 e. The second-order valence-electron chi connectivity index (χ2n) is 7.09. The van der Waals surface area contributed by atoms with Crippen molar-refractivity contribution in [2.75, 3.05) is 6.61 Å². The number of carbonyl (C=O) groups excluding carboxylic acids is 2. The van der Waals surface area contributed by atoms with E-state index < -0.39 is 5.97 Å². The molecule has 0 unspecified atom stereocenters. The van der Waals surface area contributed by atoms with E-state index in [-0.39, 0.29) is 12.4 Å². The molecular formula is C25H17BrClNO3. The topological polar surface area (TPSA) is 56.3 Å². The van der Waals surface area contributed by atoms with Crippen LogP contribution < -0.4 is 0 Å². The molecule has 0 spiro atoms. The first kappa shape index (κ1) is 21.2. The minimum Gasteiger partial charge on any atom is -0.454 e. The molecule has 0 fully saturated rings. The Kier molecular flexibility index (Phi) is 6.16. The average Bonchev–Trinajstić information content (AvgIpc) is 2.77. The van der Waals surface area contributed by atoms with Gasteiger partial charge in [-0.25, -0.2) is 9.78 Å². The largest absolute Gasteiger partial charge is 0.454 e. The zero-order chi connectivity index (χ0) is 22.0. The fourth-order valence-electron chi connectivity index (χ4n) is 3.20. The molecule has 4 rings (SSSR count). The lowest BCUT2D eigenvalue weighted by Crippen LogP contribution is -2.15. The van der Waals surface area contributed by atoms with Gasteiger partial charge >= 0.3 is 5.97 Å². The van der Waals surface area contributed by atoms with Crippen LogP contribution >= 0.6 is 27.5 Å². The fraction of sp³-hybridized carbons (Fsp3) is 0.0800. The van der Waals surface area contributed by atoms with Crippen LogP contribution in [0.15, 0.2) is 77.3 Å². The molecule has 0 atom stereocenters. The molecule has 0 bridgehead atoms. The van der Waals surface area contributed by atoms with Crippen LogP contribution in [-0.4, -0.2) is 23.3 Å². The highest BCUT2D eigenvalue weighted by molar-refractivity contribution is 9.10. The summed E-state index contributed by atoms with van der Waals surface area (Å²) < 4.78 is 6.33. The van der Waals surface area contributed by atoms with Crippen LogP contribution in [0.3, 0.4) is 0 Å². The van der Waals surface area contributed by atoms with Gasteiger partial charge in [0.2, 0.25) is 0 Å².